The van der Waals surface area contributed by atoms with Crippen LogP contribution < -0.4 is 15.6 Å². The summed E-state index contributed by atoms with van der Waals surface area (Å²) >= 11 is 0. The third-order valence-corrected chi connectivity index (χ3v) is 4.14. The number of para-hydroxylation sites is 2. The zero-order valence-corrected chi connectivity index (χ0v) is 14.7. The molecule has 1 atom stereocenters. The van der Waals surface area contributed by atoms with E-state index in [1.54, 1.807) is 36.4 Å². The van der Waals surface area contributed by atoms with Gasteiger partial charge >= 0.3 is 5.97 Å². The number of amides is 1. The number of benzene rings is 2. The molecule has 0 fully saturated rings. The smallest absolute Gasteiger partial charge is 0.357 e. The standard InChI is InChI=1S/C19H17N3O5/c1-11(17(23)20-14-9-5-6-10-15(14)27-2)22-18(24)13-8-4-3-7-12(13)16(21-22)19(25)26/h3-11H,1-2H3,(H,20,23)(H,25,26)/t11-/m1/s1. The molecule has 2 aromatic carbocycles. The van der Waals surface area contributed by atoms with E-state index in [1.807, 2.05) is 0 Å². The van der Waals surface area contributed by atoms with Crippen LogP contribution >= 0.6 is 0 Å². The van der Waals surface area contributed by atoms with Crippen molar-refractivity contribution in [2.75, 3.05) is 12.4 Å². The van der Waals surface area contributed by atoms with Crippen LogP contribution in [0.4, 0.5) is 5.69 Å². The van der Waals surface area contributed by atoms with Gasteiger partial charge < -0.3 is 15.2 Å². The van der Waals surface area contributed by atoms with E-state index in [0.717, 1.165) is 4.68 Å². The Kier molecular flexibility index (Phi) is 4.89. The van der Waals surface area contributed by atoms with Gasteiger partial charge in [-0.05, 0) is 25.1 Å². The summed E-state index contributed by atoms with van der Waals surface area (Å²) in [6, 6.07) is 12.1. The molecule has 8 nitrogen and oxygen atoms in total. The molecule has 27 heavy (non-hydrogen) atoms. The first kappa shape index (κ1) is 18.1. The van der Waals surface area contributed by atoms with Crippen LogP contribution in [0.1, 0.15) is 23.5 Å². The molecule has 3 aromatic rings. The van der Waals surface area contributed by atoms with Crippen LogP contribution in [0.2, 0.25) is 0 Å². The van der Waals surface area contributed by atoms with Crippen molar-refractivity contribution in [2.24, 2.45) is 0 Å². The first-order valence-corrected chi connectivity index (χ1v) is 8.12. The van der Waals surface area contributed by atoms with Gasteiger partial charge in [-0.25, -0.2) is 9.48 Å². The number of aromatic carboxylic acids is 1. The summed E-state index contributed by atoms with van der Waals surface area (Å²) in [5.41, 5.74) is -0.399. The highest BCUT2D eigenvalue weighted by molar-refractivity contribution is 6.01. The topological polar surface area (TPSA) is 111 Å². The maximum Gasteiger partial charge on any atom is 0.357 e. The molecule has 1 amide bonds. The minimum absolute atomic E-state index is 0.182. The highest BCUT2D eigenvalue weighted by Crippen LogP contribution is 2.24. The van der Waals surface area contributed by atoms with Gasteiger partial charge in [0.05, 0.1) is 18.2 Å². The molecule has 0 aliphatic rings. The Balaban J connectivity index is 2.04. The third kappa shape index (κ3) is 3.37. The number of anilines is 1. The summed E-state index contributed by atoms with van der Waals surface area (Å²) in [7, 11) is 1.48. The fourth-order valence-corrected chi connectivity index (χ4v) is 2.72. The van der Waals surface area contributed by atoms with Crippen molar-refractivity contribution in [1.82, 2.24) is 9.78 Å². The normalized spacial score (nSPS) is 11.8. The predicted octanol–water partition coefficient (Wildman–Crippen LogP) is 2.30. The summed E-state index contributed by atoms with van der Waals surface area (Å²) in [4.78, 5) is 36.9. The summed E-state index contributed by atoms with van der Waals surface area (Å²) < 4.78 is 6.07. The van der Waals surface area contributed by atoms with E-state index in [9.17, 15) is 19.5 Å². The van der Waals surface area contributed by atoms with Crippen LogP contribution in [-0.2, 0) is 4.79 Å². The van der Waals surface area contributed by atoms with Gasteiger partial charge in [-0.3, -0.25) is 9.59 Å². The van der Waals surface area contributed by atoms with Crippen molar-refractivity contribution in [3.8, 4) is 5.75 Å². The fourth-order valence-electron chi connectivity index (χ4n) is 2.72. The Morgan fingerprint density at radius 3 is 2.41 bits per heavy atom. The highest BCUT2D eigenvalue weighted by atomic mass is 16.5. The molecule has 3 rings (SSSR count). The molecule has 8 heteroatoms. The number of hydrogen-bond acceptors (Lipinski definition) is 5. The first-order valence-electron chi connectivity index (χ1n) is 8.12. The molecule has 0 aliphatic carbocycles. The number of nitrogens with one attached hydrogen (secondary N) is 1. The van der Waals surface area contributed by atoms with E-state index < -0.39 is 23.5 Å². The average molecular weight is 367 g/mol. The van der Waals surface area contributed by atoms with Crippen molar-refractivity contribution in [1.29, 1.82) is 0 Å². The largest absolute Gasteiger partial charge is 0.495 e. The lowest BCUT2D eigenvalue weighted by atomic mass is 10.1. The zero-order valence-electron chi connectivity index (χ0n) is 14.7. The second kappa shape index (κ2) is 7.28. The molecule has 138 valence electrons. The summed E-state index contributed by atoms with van der Waals surface area (Å²) in [6.45, 7) is 1.47. The van der Waals surface area contributed by atoms with E-state index >= 15 is 0 Å². The van der Waals surface area contributed by atoms with Crippen molar-refractivity contribution in [3.05, 3.63) is 64.6 Å². The predicted molar refractivity (Wildman–Crippen MR) is 99.3 cm³/mol. The zero-order chi connectivity index (χ0) is 19.6. The van der Waals surface area contributed by atoms with Gasteiger partial charge in [0.1, 0.15) is 11.8 Å². The number of ether oxygens (including phenoxy) is 1. The van der Waals surface area contributed by atoms with Crippen molar-refractivity contribution in [3.63, 3.8) is 0 Å². The Hall–Kier alpha value is -3.68. The molecule has 0 saturated heterocycles. The van der Waals surface area contributed by atoms with Crippen LogP contribution in [0, 0.1) is 0 Å². The first-order chi connectivity index (χ1) is 12.9. The number of carbonyl (C=O) groups is 2. The van der Waals surface area contributed by atoms with Gasteiger partial charge in [0.2, 0.25) is 5.91 Å². The number of hydrogen-bond donors (Lipinski definition) is 2. The SMILES string of the molecule is COc1ccccc1NC(=O)[C@@H](C)n1nc(C(=O)O)c2ccccc2c1=O. The van der Waals surface area contributed by atoms with Gasteiger partial charge in [0, 0.05) is 5.39 Å². The lowest BCUT2D eigenvalue weighted by Crippen LogP contribution is -2.34. The number of carbonyl (C=O) groups excluding carboxylic acids is 1. The monoisotopic (exact) mass is 367 g/mol. The number of rotatable bonds is 5. The maximum absolute atomic E-state index is 12.7. The summed E-state index contributed by atoms with van der Waals surface area (Å²) in [5.74, 6) is -1.35. The molecule has 0 bridgehead atoms. The van der Waals surface area contributed by atoms with E-state index in [-0.39, 0.29) is 16.5 Å². The third-order valence-electron chi connectivity index (χ3n) is 4.14. The minimum atomic E-state index is -1.28. The van der Waals surface area contributed by atoms with Gasteiger partial charge in [-0.15, -0.1) is 0 Å². The Morgan fingerprint density at radius 2 is 1.74 bits per heavy atom. The molecular weight excluding hydrogens is 350 g/mol. The quantitative estimate of drug-likeness (QED) is 0.716. The number of carboxylic acids is 1. The van der Waals surface area contributed by atoms with E-state index in [4.69, 9.17) is 4.74 Å². The van der Waals surface area contributed by atoms with Crippen molar-refractivity contribution in [2.45, 2.75) is 13.0 Å². The second-order valence-corrected chi connectivity index (χ2v) is 5.81. The van der Waals surface area contributed by atoms with E-state index in [2.05, 4.69) is 10.4 Å². The average Bonchev–Trinajstić information content (AvgIpc) is 2.68. The summed E-state index contributed by atoms with van der Waals surface area (Å²) in [5, 5.41) is 16.4. The second-order valence-electron chi connectivity index (χ2n) is 5.81. The van der Waals surface area contributed by atoms with E-state index in [1.165, 1.54) is 26.2 Å². The number of methoxy groups -OCH3 is 1. The van der Waals surface area contributed by atoms with Crippen LogP contribution in [0.15, 0.2) is 53.3 Å². The molecule has 0 radical (unpaired) electrons. The minimum Gasteiger partial charge on any atom is -0.495 e. The molecule has 1 heterocycles. The fraction of sp³-hybridized carbons (Fsp3) is 0.158. The van der Waals surface area contributed by atoms with Gasteiger partial charge in [-0.1, -0.05) is 30.3 Å². The lowest BCUT2D eigenvalue weighted by molar-refractivity contribution is -0.119. The van der Waals surface area contributed by atoms with Gasteiger partial charge in [0.25, 0.3) is 5.56 Å². The highest BCUT2D eigenvalue weighted by Gasteiger charge is 2.23. The lowest BCUT2D eigenvalue weighted by Gasteiger charge is -2.17. The molecule has 0 spiro atoms. The van der Waals surface area contributed by atoms with Crippen LogP contribution in [0.5, 0.6) is 5.75 Å². The number of aromatic nitrogens is 2. The van der Waals surface area contributed by atoms with Gasteiger partial charge in [0.15, 0.2) is 5.69 Å². The van der Waals surface area contributed by atoms with Crippen molar-refractivity contribution >= 4 is 28.3 Å². The number of fused-ring (bicyclic) bond motifs is 1. The maximum atomic E-state index is 12.7. The Labute approximate surface area is 154 Å². The molecule has 0 aliphatic heterocycles. The van der Waals surface area contributed by atoms with Gasteiger partial charge in [-0.2, -0.15) is 5.10 Å². The molecule has 0 unspecified atom stereocenters. The Morgan fingerprint density at radius 1 is 1.11 bits per heavy atom. The molecule has 0 saturated carbocycles. The van der Waals surface area contributed by atoms with Crippen LogP contribution in [0.3, 0.4) is 0 Å². The molecule has 1 aromatic heterocycles. The van der Waals surface area contributed by atoms with Crippen LogP contribution in [0.25, 0.3) is 10.8 Å². The Bertz CT molecular complexity index is 1090. The number of nitrogens with zero attached hydrogens (tertiary/aromatic N) is 2. The van der Waals surface area contributed by atoms with Crippen LogP contribution in [-0.4, -0.2) is 33.9 Å². The molecular formula is C19H17N3O5. The number of carboxylic acid groups (broad SMARTS) is 1. The summed E-state index contributed by atoms with van der Waals surface area (Å²) in [6.07, 6.45) is 0. The molecule has 2 N–H and O–H groups in total. The van der Waals surface area contributed by atoms with Crippen molar-refractivity contribution < 1.29 is 19.4 Å². The van der Waals surface area contributed by atoms with E-state index in [0.29, 0.717) is 11.4 Å².